The average Bonchev–Trinajstić information content (AvgIpc) is 2.54. The molecule has 2 aromatic carbocycles. The molecule has 2 rings (SSSR count). The average molecular weight is 374 g/mol. The van der Waals surface area contributed by atoms with E-state index in [4.69, 9.17) is 29.0 Å². The Morgan fingerprint density at radius 1 is 1.04 bits per heavy atom. The zero-order chi connectivity index (χ0) is 17.0. The SMILES string of the molecule is NNC(=O)CN(c1c(Cl)cccc1Cl)S(=O)(=O)c1ccccc1. The third-order valence-electron chi connectivity index (χ3n) is 2.97. The molecule has 0 saturated heterocycles. The van der Waals surface area contributed by atoms with Crippen molar-refractivity contribution in [3.05, 3.63) is 58.6 Å². The van der Waals surface area contributed by atoms with Gasteiger partial charge in [-0.05, 0) is 24.3 Å². The number of hydrogen-bond donors (Lipinski definition) is 2. The second kappa shape index (κ2) is 7.18. The van der Waals surface area contributed by atoms with E-state index in [0.717, 1.165) is 4.31 Å². The highest BCUT2D eigenvalue weighted by atomic mass is 35.5. The minimum absolute atomic E-state index is 0.000748. The Hall–Kier alpha value is -1.80. The van der Waals surface area contributed by atoms with E-state index in [1.165, 1.54) is 24.3 Å². The number of nitrogens with two attached hydrogens (primary N) is 1. The lowest BCUT2D eigenvalue weighted by Gasteiger charge is -2.25. The number of rotatable bonds is 5. The summed E-state index contributed by atoms with van der Waals surface area (Å²) >= 11 is 12.2. The molecule has 0 radical (unpaired) electrons. The van der Waals surface area contributed by atoms with Gasteiger partial charge >= 0.3 is 0 Å². The summed E-state index contributed by atoms with van der Waals surface area (Å²) in [7, 11) is -4.06. The molecule has 0 saturated carbocycles. The van der Waals surface area contributed by atoms with Crippen molar-refractivity contribution in [1.82, 2.24) is 5.43 Å². The second-order valence-corrected chi connectivity index (χ2v) is 7.14. The minimum atomic E-state index is -4.06. The van der Waals surface area contributed by atoms with E-state index in [0.29, 0.717) is 0 Å². The van der Waals surface area contributed by atoms with Gasteiger partial charge < -0.3 is 0 Å². The number of sulfonamides is 1. The number of anilines is 1. The van der Waals surface area contributed by atoms with Gasteiger partial charge in [-0.25, -0.2) is 14.3 Å². The van der Waals surface area contributed by atoms with Crippen LogP contribution in [-0.4, -0.2) is 20.9 Å². The lowest BCUT2D eigenvalue weighted by atomic mass is 10.3. The number of nitrogens with zero attached hydrogens (tertiary/aromatic N) is 1. The number of para-hydroxylation sites is 1. The van der Waals surface area contributed by atoms with Gasteiger partial charge in [-0.3, -0.25) is 14.5 Å². The number of nitrogens with one attached hydrogen (secondary N) is 1. The van der Waals surface area contributed by atoms with Crippen LogP contribution in [0.2, 0.25) is 10.0 Å². The van der Waals surface area contributed by atoms with Gasteiger partial charge in [-0.1, -0.05) is 47.5 Å². The van der Waals surface area contributed by atoms with E-state index in [9.17, 15) is 13.2 Å². The number of carbonyl (C=O) groups excluding carboxylic acids is 1. The highest BCUT2D eigenvalue weighted by molar-refractivity contribution is 7.92. The molecule has 0 aromatic heterocycles. The molecule has 3 N–H and O–H groups in total. The van der Waals surface area contributed by atoms with Gasteiger partial charge in [0.05, 0.1) is 20.6 Å². The molecule has 0 bridgehead atoms. The van der Waals surface area contributed by atoms with Crippen LogP contribution in [0, 0.1) is 0 Å². The first kappa shape index (κ1) is 17.6. The zero-order valence-electron chi connectivity index (χ0n) is 11.7. The topological polar surface area (TPSA) is 92.5 Å². The van der Waals surface area contributed by atoms with Crippen LogP contribution in [0.15, 0.2) is 53.4 Å². The maximum absolute atomic E-state index is 12.9. The first-order chi connectivity index (χ1) is 10.9. The standard InChI is InChI=1S/C14H13Cl2N3O3S/c15-11-7-4-8-12(16)14(11)19(9-13(20)18-17)23(21,22)10-5-2-1-3-6-10/h1-8H,9,17H2,(H,18,20). The maximum atomic E-state index is 12.9. The molecular formula is C14H13Cl2N3O3S. The summed E-state index contributed by atoms with van der Waals surface area (Å²) in [6.07, 6.45) is 0. The van der Waals surface area contributed by atoms with Gasteiger partial charge in [0.2, 0.25) is 0 Å². The van der Waals surface area contributed by atoms with Crippen molar-refractivity contribution < 1.29 is 13.2 Å². The Labute approximate surface area is 143 Å². The fraction of sp³-hybridized carbons (Fsp3) is 0.0714. The Morgan fingerprint density at radius 2 is 1.61 bits per heavy atom. The Kier molecular flexibility index (Phi) is 5.48. The summed E-state index contributed by atoms with van der Waals surface area (Å²) in [6, 6.07) is 12.2. The quantitative estimate of drug-likeness (QED) is 0.477. The number of carbonyl (C=O) groups is 1. The van der Waals surface area contributed by atoms with Gasteiger partial charge in [0.25, 0.3) is 15.9 Å². The summed E-state index contributed by atoms with van der Waals surface area (Å²) in [6.45, 7) is -0.558. The molecule has 2 aromatic rings. The number of benzene rings is 2. The van der Waals surface area contributed by atoms with Gasteiger partial charge in [-0.15, -0.1) is 0 Å². The van der Waals surface area contributed by atoms with Gasteiger partial charge in [-0.2, -0.15) is 0 Å². The van der Waals surface area contributed by atoms with Crippen LogP contribution >= 0.6 is 23.2 Å². The van der Waals surface area contributed by atoms with E-state index in [1.807, 2.05) is 5.43 Å². The second-order valence-electron chi connectivity index (χ2n) is 4.46. The lowest BCUT2D eigenvalue weighted by Crippen LogP contribution is -2.43. The number of halogens is 2. The van der Waals surface area contributed by atoms with Crippen LogP contribution in [0.3, 0.4) is 0 Å². The van der Waals surface area contributed by atoms with Crippen molar-refractivity contribution in [2.75, 3.05) is 10.8 Å². The normalized spacial score (nSPS) is 11.1. The molecule has 0 fully saturated rings. The molecule has 0 atom stereocenters. The van der Waals surface area contributed by atoms with Gasteiger partial charge in [0, 0.05) is 0 Å². The molecule has 0 aliphatic heterocycles. The summed E-state index contributed by atoms with van der Waals surface area (Å²) in [5.74, 6) is 4.36. The Bertz CT molecular complexity index is 793. The third kappa shape index (κ3) is 3.76. The number of hydrogen-bond acceptors (Lipinski definition) is 4. The highest BCUT2D eigenvalue weighted by Gasteiger charge is 2.30. The van der Waals surface area contributed by atoms with Crippen LogP contribution in [0.4, 0.5) is 5.69 Å². The molecule has 1 amide bonds. The Balaban J connectivity index is 2.62. The minimum Gasteiger partial charge on any atom is -0.293 e. The van der Waals surface area contributed by atoms with Crippen molar-refractivity contribution in [2.24, 2.45) is 5.84 Å². The largest absolute Gasteiger partial charge is 0.293 e. The Morgan fingerprint density at radius 3 is 2.13 bits per heavy atom. The maximum Gasteiger partial charge on any atom is 0.264 e. The van der Waals surface area contributed by atoms with Crippen LogP contribution in [0.25, 0.3) is 0 Å². The first-order valence-corrected chi connectivity index (χ1v) is 8.58. The highest BCUT2D eigenvalue weighted by Crippen LogP contribution is 2.36. The lowest BCUT2D eigenvalue weighted by molar-refractivity contribution is -0.119. The van der Waals surface area contributed by atoms with E-state index in [2.05, 4.69) is 0 Å². The van der Waals surface area contributed by atoms with E-state index in [-0.39, 0.29) is 20.6 Å². The molecule has 122 valence electrons. The molecule has 23 heavy (non-hydrogen) atoms. The smallest absolute Gasteiger partial charge is 0.264 e. The van der Waals surface area contributed by atoms with E-state index >= 15 is 0 Å². The molecule has 6 nitrogen and oxygen atoms in total. The van der Waals surface area contributed by atoms with Crippen LogP contribution in [0.1, 0.15) is 0 Å². The van der Waals surface area contributed by atoms with Crippen molar-refractivity contribution in [3.63, 3.8) is 0 Å². The van der Waals surface area contributed by atoms with Crippen LogP contribution in [0.5, 0.6) is 0 Å². The van der Waals surface area contributed by atoms with Gasteiger partial charge in [0.15, 0.2) is 0 Å². The van der Waals surface area contributed by atoms with Crippen LogP contribution < -0.4 is 15.6 Å². The fourth-order valence-electron chi connectivity index (χ4n) is 1.91. The number of hydrazine groups is 1. The molecule has 0 aliphatic carbocycles. The summed E-state index contributed by atoms with van der Waals surface area (Å²) in [5, 5.41) is 0.198. The monoisotopic (exact) mass is 373 g/mol. The van der Waals surface area contributed by atoms with Gasteiger partial charge in [0.1, 0.15) is 6.54 Å². The molecule has 9 heteroatoms. The number of amides is 1. The fourth-order valence-corrected chi connectivity index (χ4v) is 4.09. The van der Waals surface area contributed by atoms with Crippen molar-refractivity contribution >= 4 is 44.8 Å². The summed E-state index contributed by atoms with van der Waals surface area (Å²) in [5.41, 5.74) is 1.91. The summed E-state index contributed by atoms with van der Waals surface area (Å²) in [4.78, 5) is 11.7. The third-order valence-corrected chi connectivity index (χ3v) is 5.34. The molecule has 0 spiro atoms. The molecular weight excluding hydrogens is 361 g/mol. The van der Waals surface area contributed by atoms with Crippen molar-refractivity contribution in [1.29, 1.82) is 0 Å². The molecule has 0 unspecified atom stereocenters. The molecule has 0 aliphatic rings. The van der Waals surface area contributed by atoms with Crippen molar-refractivity contribution in [2.45, 2.75) is 4.90 Å². The van der Waals surface area contributed by atoms with Crippen LogP contribution in [-0.2, 0) is 14.8 Å². The van der Waals surface area contributed by atoms with Crippen molar-refractivity contribution in [3.8, 4) is 0 Å². The van der Waals surface area contributed by atoms with E-state index in [1.54, 1.807) is 24.3 Å². The predicted molar refractivity (Wildman–Crippen MR) is 89.8 cm³/mol. The first-order valence-electron chi connectivity index (χ1n) is 6.39. The van der Waals surface area contributed by atoms with E-state index < -0.39 is 22.5 Å². The predicted octanol–water partition coefficient (Wildman–Crippen LogP) is 2.18. The zero-order valence-corrected chi connectivity index (χ0v) is 14.1. The molecule has 0 heterocycles. The summed E-state index contributed by atoms with van der Waals surface area (Å²) < 4.78 is 26.6.